The second-order valence-corrected chi connectivity index (χ2v) is 6.26. The first-order valence-electron chi connectivity index (χ1n) is 7.28. The molecule has 1 N–H and O–H groups in total. The number of H-pyrrole nitrogens is 1. The number of hydrogen-bond donors (Lipinski definition) is 1. The van der Waals surface area contributed by atoms with Crippen LogP contribution < -0.4 is 5.56 Å². The monoisotopic (exact) mass is 333 g/mol. The van der Waals surface area contributed by atoms with E-state index in [9.17, 15) is 4.79 Å². The maximum absolute atomic E-state index is 12.2. The number of fused-ring (bicyclic) bond motifs is 3. The van der Waals surface area contributed by atoms with E-state index in [-0.39, 0.29) is 11.1 Å². The molecule has 0 aliphatic carbocycles. The van der Waals surface area contributed by atoms with Crippen molar-refractivity contribution in [3.05, 3.63) is 70.3 Å². The molecule has 4 rings (SSSR count). The van der Waals surface area contributed by atoms with Gasteiger partial charge in [-0.2, -0.15) is 5.26 Å². The van der Waals surface area contributed by atoms with Crippen molar-refractivity contribution in [2.24, 2.45) is 0 Å². The van der Waals surface area contributed by atoms with Gasteiger partial charge in [0.1, 0.15) is 16.9 Å². The van der Waals surface area contributed by atoms with Crippen molar-refractivity contribution in [3.8, 4) is 6.07 Å². The van der Waals surface area contributed by atoms with Crippen molar-refractivity contribution in [2.45, 2.75) is 10.6 Å². The maximum atomic E-state index is 12.2. The van der Waals surface area contributed by atoms with E-state index in [1.807, 2.05) is 36.4 Å². The molecule has 5 nitrogen and oxygen atoms in total. The van der Waals surface area contributed by atoms with Crippen LogP contribution in [-0.4, -0.2) is 9.97 Å². The highest BCUT2D eigenvalue weighted by Crippen LogP contribution is 2.26. The summed E-state index contributed by atoms with van der Waals surface area (Å²) in [6, 6.07) is 16.9. The Kier molecular flexibility index (Phi) is 3.56. The van der Waals surface area contributed by atoms with Gasteiger partial charge in [0, 0.05) is 10.3 Å². The van der Waals surface area contributed by atoms with Crippen LogP contribution >= 0.6 is 11.8 Å². The molecule has 4 aromatic rings. The Balaban J connectivity index is 1.68. The van der Waals surface area contributed by atoms with Crippen LogP contribution in [0.1, 0.15) is 11.4 Å². The fourth-order valence-electron chi connectivity index (χ4n) is 2.49. The van der Waals surface area contributed by atoms with E-state index >= 15 is 0 Å². The molecular formula is C18H11N3O2S. The van der Waals surface area contributed by atoms with Crippen LogP contribution in [-0.2, 0) is 5.75 Å². The molecule has 0 spiro atoms. The number of furan rings is 1. The van der Waals surface area contributed by atoms with Gasteiger partial charge in [-0.05, 0) is 36.4 Å². The second kappa shape index (κ2) is 5.87. The predicted octanol–water partition coefficient (Wildman–Crippen LogP) is 3.83. The SMILES string of the molecule is N#Cc1ccc(SCc2nc3c(oc4ccccc43)c(=O)[nH]2)cc1. The number of thioether (sulfide) groups is 1. The van der Waals surface area contributed by atoms with Crippen molar-refractivity contribution in [1.82, 2.24) is 9.97 Å². The molecule has 0 saturated heterocycles. The molecule has 6 heteroatoms. The van der Waals surface area contributed by atoms with Gasteiger partial charge < -0.3 is 9.40 Å². The van der Waals surface area contributed by atoms with Gasteiger partial charge in [-0.15, -0.1) is 11.8 Å². The molecule has 0 atom stereocenters. The van der Waals surface area contributed by atoms with Gasteiger partial charge in [0.05, 0.1) is 17.4 Å². The lowest BCUT2D eigenvalue weighted by Crippen LogP contribution is -2.10. The third-order valence-electron chi connectivity index (χ3n) is 3.64. The number of benzene rings is 2. The van der Waals surface area contributed by atoms with Gasteiger partial charge >= 0.3 is 0 Å². The number of hydrogen-bond acceptors (Lipinski definition) is 5. The smallest absolute Gasteiger partial charge is 0.294 e. The zero-order valence-electron chi connectivity index (χ0n) is 12.4. The van der Waals surface area contributed by atoms with E-state index in [1.165, 1.54) is 0 Å². The highest BCUT2D eigenvalue weighted by atomic mass is 32.2. The maximum Gasteiger partial charge on any atom is 0.294 e. The highest BCUT2D eigenvalue weighted by molar-refractivity contribution is 7.98. The molecule has 0 saturated carbocycles. The largest absolute Gasteiger partial charge is 0.449 e. The Morgan fingerprint density at radius 2 is 1.96 bits per heavy atom. The van der Waals surface area contributed by atoms with Crippen molar-refractivity contribution in [1.29, 1.82) is 5.26 Å². The molecule has 0 fully saturated rings. The van der Waals surface area contributed by atoms with E-state index < -0.39 is 0 Å². The fourth-order valence-corrected chi connectivity index (χ4v) is 3.26. The average Bonchev–Trinajstić information content (AvgIpc) is 3.00. The highest BCUT2D eigenvalue weighted by Gasteiger charge is 2.12. The summed E-state index contributed by atoms with van der Waals surface area (Å²) in [5, 5.41) is 9.65. The van der Waals surface area contributed by atoms with E-state index in [1.54, 1.807) is 23.9 Å². The summed E-state index contributed by atoms with van der Waals surface area (Å²) in [7, 11) is 0. The number of aromatic nitrogens is 2. The Morgan fingerprint density at radius 1 is 1.17 bits per heavy atom. The lowest BCUT2D eigenvalue weighted by molar-refractivity contribution is 0.660. The van der Waals surface area contributed by atoms with Crippen LogP contribution in [0, 0.1) is 11.3 Å². The summed E-state index contributed by atoms with van der Waals surface area (Å²) in [5.41, 5.74) is 1.85. The van der Waals surface area contributed by atoms with Crippen molar-refractivity contribution < 1.29 is 4.42 Å². The van der Waals surface area contributed by atoms with Crippen LogP contribution in [0.3, 0.4) is 0 Å². The number of aromatic amines is 1. The van der Waals surface area contributed by atoms with Crippen LogP contribution in [0.4, 0.5) is 0 Å². The minimum atomic E-state index is -0.272. The van der Waals surface area contributed by atoms with E-state index in [0.29, 0.717) is 28.2 Å². The standard InChI is InChI=1S/C18H11N3O2S/c19-9-11-5-7-12(8-6-11)24-10-15-20-16-13-3-1-2-4-14(13)23-17(16)18(22)21-15/h1-8H,10H2,(H,20,21,22). The van der Waals surface area contributed by atoms with E-state index in [2.05, 4.69) is 16.0 Å². The molecule has 0 amide bonds. The van der Waals surface area contributed by atoms with Gasteiger partial charge in [0.15, 0.2) is 0 Å². The average molecular weight is 333 g/mol. The zero-order valence-corrected chi connectivity index (χ0v) is 13.3. The summed E-state index contributed by atoms with van der Waals surface area (Å²) in [6.07, 6.45) is 0. The third-order valence-corrected chi connectivity index (χ3v) is 4.66. The van der Waals surface area contributed by atoms with Crippen molar-refractivity contribution in [3.63, 3.8) is 0 Å². The summed E-state index contributed by atoms with van der Waals surface area (Å²) in [6.45, 7) is 0. The molecule has 2 aromatic carbocycles. The fraction of sp³-hybridized carbons (Fsp3) is 0.0556. The van der Waals surface area contributed by atoms with Gasteiger partial charge in [-0.3, -0.25) is 4.79 Å². The zero-order chi connectivity index (χ0) is 16.5. The Bertz CT molecular complexity index is 1140. The molecule has 0 aliphatic rings. The van der Waals surface area contributed by atoms with Gasteiger partial charge in [-0.25, -0.2) is 4.98 Å². The number of para-hydroxylation sites is 1. The Labute approximate surface area is 140 Å². The molecular weight excluding hydrogens is 322 g/mol. The normalized spacial score (nSPS) is 11.0. The number of nitrogens with one attached hydrogen (secondary N) is 1. The van der Waals surface area contributed by atoms with Crippen LogP contribution in [0.15, 0.2) is 62.6 Å². The molecule has 24 heavy (non-hydrogen) atoms. The Morgan fingerprint density at radius 3 is 2.75 bits per heavy atom. The van der Waals surface area contributed by atoms with Crippen molar-refractivity contribution >= 4 is 33.8 Å². The lowest BCUT2D eigenvalue weighted by atomic mass is 10.2. The first kappa shape index (κ1) is 14.5. The number of rotatable bonds is 3. The minimum Gasteiger partial charge on any atom is -0.449 e. The summed E-state index contributed by atoms with van der Waals surface area (Å²) < 4.78 is 5.58. The first-order valence-corrected chi connectivity index (χ1v) is 8.26. The molecule has 0 radical (unpaired) electrons. The molecule has 2 aromatic heterocycles. The van der Waals surface area contributed by atoms with Crippen LogP contribution in [0.2, 0.25) is 0 Å². The van der Waals surface area contributed by atoms with Gasteiger partial charge in [-0.1, -0.05) is 12.1 Å². The molecule has 116 valence electrons. The topological polar surface area (TPSA) is 82.7 Å². The second-order valence-electron chi connectivity index (χ2n) is 5.21. The Hall–Kier alpha value is -3.04. The van der Waals surface area contributed by atoms with Crippen molar-refractivity contribution in [2.75, 3.05) is 0 Å². The minimum absolute atomic E-state index is 0.253. The van der Waals surface area contributed by atoms with E-state index in [0.717, 1.165) is 10.3 Å². The molecule has 0 aliphatic heterocycles. The number of nitriles is 1. The quantitative estimate of drug-likeness (QED) is 0.576. The van der Waals surface area contributed by atoms with Crippen LogP contribution in [0.5, 0.6) is 0 Å². The van der Waals surface area contributed by atoms with Gasteiger partial charge in [0.25, 0.3) is 5.56 Å². The predicted molar refractivity (Wildman–Crippen MR) is 92.9 cm³/mol. The van der Waals surface area contributed by atoms with Gasteiger partial charge in [0.2, 0.25) is 5.58 Å². The summed E-state index contributed by atoms with van der Waals surface area (Å²) in [5.74, 6) is 1.12. The first-order chi connectivity index (χ1) is 11.7. The van der Waals surface area contributed by atoms with Crippen LogP contribution in [0.25, 0.3) is 22.1 Å². The summed E-state index contributed by atoms with van der Waals surface area (Å²) >= 11 is 1.55. The third kappa shape index (κ3) is 2.55. The molecule has 2 heterocycles. The summed E-state index contributed by atoms with van der Waals surface area (Å²) in [4.78, 5) is 20.6. The number of nitrogens with zero attached hydrogens (tertiary/aromatic N) is 2. The van der Waals surface area contributed by atoms with E-state index in [4.69, 9.17) is 9.68 Å². The molecule has 0 bridgehead atoms. The molecule has 0 unspecified atom stereocenters. The lowest BCUT2D eigenvalue weighted by Gasteiger charge is -2.02.